The van der Waals surface area contributed by atoms with Crippen molar-refractivity contribution in [3.63, 3.8) is 0 Å². The lowest BCUT2D eigenvalue weighted by molar-refractivity contribution is 0.172. The van der Waals surface area contributed by atoms with Gasteiger partial charge in [0.05, 0.1) is 12.8 Å². The van der Waals surface area contributed by atoms with Crippen molar-refractivity contribution in [3.05, 3.63) is 35.5 Å². The van der Waals surface area contributed by atoms with E-state index in [0.29, 0.717) is 12.3 Å². The van der Waals surface area contributed by atoms with E-state index in [4.69, 9.17) is 4.74 Å². The highest BCUT2D eigenvalue weighted by Crippen LogP contribution is 2.24. The summed E-state index contributed by atoms with van der Waals surface area (Å²) in [6.07, 6.45) is 1.39. The number of amides is 1. The number of nitrogens with one attached hydrogen (secondary N) is 1. The fourth-order valence-electron chi connectivity index (χ4n) is 1.37. The molecule has 0 unspecified atom stereocenters. The van der Waals surface area contributed by atoms with Crippen molar-refractivity contribution in [2.45, 2.75) is 0 Å². The third-order valence-electron chi connectivity index (χ3n) is 2.08. The number of para-hydroxylation sites is 1. The molecule has 0 saturated heterocycles. The van der Waals surface area contributed by atoms with Crippen LogP contribution in [0.1, 0.15) is 5.56 Å². The van der Waals surface area contributed by atoms with Crippen LogP contribution in [-0.2, 0) is 4.74 Å². The first-order valence-corrected chi connectivity index (χ1v) is 4.57. The van der Waals surface area contributed by atoms with Gasteiger partial charge in [0.25, 0.3) is 0 Å². The zero-order valence-corrected chi connectivity index (χ0v) is 8.32. The first-order chi connectivity index (χ1) is 7.29. The van der Waals surface area contributed by atoms with E-state index in [1.54, 1.807) is 0 Å². The minimum Gasteiger partial charge on any atom is -0.487 e. The first kappa shape index (κ1) is 9.58. The Morgan fingerprint density at radius 2 is 2.27 bits per heavy atom. The molecule has 1 heterocycles. The normalized spacial score (nSPS) is 13.3. The first-order valence-electron chi connectivity index (χ1n) is 4.57. The molecule has 4 heteroatoms. The molecule has 1 amide bonds. The third kappa shape index (κ3) is 2.10. The van der Waals surface area contributed by atoms with Crippen molar-refractivity contribution in [1.82, 2.24) is 5.32 Å². The molecule has 15 heavy (non-hydrogen) atoms. The average Bonchev–Trinajstić information content (AvgIpc) is 2.29. The van der Waals surface area contributed by atoms with Crippen LogP contribution < -0.4 is 10.1 Å². The maximum atomic E-state index is 11.0. The summed E-state index contributed by atoms with van der Waals surface area (Å²) in [5.41, 5.74) is 1.65. The van der Waals surface area contributed by atoms with Crippen LogP contribution in [0.4, 0.5) is 4.79 Å². The lowest BCUT2D eigenvalue weighted by atomic mass is 10.1. The van der Waals surface area contributed by atoms with Crippen molar-refractivity contribution in [2.75, 3.05) is 13.7 Å². The molecule has 1 aliphatic rings. The minimum atomic E-state index is -0.482. The zero-order chi connectivity index (χ0) is 10.7. The van der Waals surface area contributed by atoms with Gasteiger partial charge in [-0.1, -0.05) is 18.2 Å². The molecule has 0 fully saturated rings. The maximum Gasteiger partial charge on any atom is 0.411 e. The van der Waals surface area contributed by atoms with Crippen molar-refractivity contribution in [3.8, 4) is 5.75 Å². The van der Waals surface area contributed by atoms with Gasteiger partial charge in [-0.05, 0) is 12.1 Å². The van der Waals surface area contributed by atoms with Crippen LogP contribution in [0.5, 0.6) is 5.75 Å². The molecule has 78 valence electrons. The molecule has 1 aliphatic heterocycles. The van der Waals surface area contributed by atoms with Gasteiger partial charge in [0.15, 0.2) is 0 Å². The van der Waals surface area contributed by atoms with Gasteiger partial charge >= 0.3 is 6.09 Å². The Morgan fingerprint density at radius 1 is 1.47 bits per heavy atom. The van der Waals surface area contributed by atoms with E-state index in [0.717, 1.165) is 11.3 Å². The van der Waals surface area contributed by atoms with Crippen LogP contribution >= 0.6 is 0 Å². The van der Waals surface area contributed by atoms with Crippen LogP contribution in [0, 0.1) is 0 Å². The van der Waals surface area contributed by atoms with Crippen molar-refractivity contribution < 1.29 is 14.3 Å². The smallest absolute Gasteiger partial charge is 0.411 e. The van der Waals surface area contributed by atoms with Crippen LogP contribution in [0.2, 0.25) is 0 Å². The fraction of sp³-hybridized carbons (Fsp3) is 0.182. The van der Waals surface area contributed by atoms with Gasteiger partial charge in [-0.3, -0.25) is 5.32 Å². The Labute approximate surface area is 87.5 Å². The molecule has 0 bridgehead atoms. The largest absolute Gasteiger partial charge is 0.487 e. The highest BCUT2D eigenvalue weighted by atomic mass is 16.5. The predicted octanol–water partition coefficient (Wildman–Crippen LogP) is 1.78. The lowest BCUT2D eigenvalue weighted by Gasteiger charge is -2.17. The monoisotopic (exact) mass is 205 g/mol. The number of fused-ring (bicyclic) bond motifs is 1. The molecule has 1 aromatic rings. The van der Waals surface area contributed by atoms with Gasteiger partial charge in [-0.15, -0.1) is 0 Å². The third-order valence-corrected chi connectivity index (χ3v) is 2.08. The Kier molecular flexibility index (Phi) is 2.58. The summed E-state index contributed by atoms with van der Waals surface area (Å²) in [5.74, 6) is 0.827. The molecule has 1 N–H and O–H groups in total. The Hall–Kier alpha value is -1.97. The predicted molar refractivity (Wildman–Crippen MR) is 55.5 cm³/mol. The van der Waals surface area contributed by atoms with Crippen LogP contribution in [0.3, 0.4) is 0 Å². The number of methoxy groups -OCH3 is 1. The topological polar surface area (TPSA) is 47.6 Å². The molecule has 0 spiro atoms. The maximum absolute atomic E-state index is 11.0. The Balaban J connectivity index is 2.18. The van der Waals surface area contributed by atoms with Crippen molar-refractivity contribution in [2.24, 2.45) is 0 Å². The quantitative estimate of drug-likeness (QED) is 0.760. The van der Waals surface area contributed by atoms with E-state index in [-0.39, 0.29) is 0 Å². The molecular formula is C11H11NO3. The lowest BCUT2D eigenvalue weighted by Crippen LogP contribution is -2.27. The second-order valence-corrected chi connectivity index (χ2v) is 3.11. The zero-order valence-electron chi connectivity index (χ0n) is 8.32. The molecule has 0 radical (unpaired) electrons. The number of hydrogen-bond donors (Lipinski definition) is 1. The summed E-state index contributed by atoms with van der Waals surface area (Å²) < 4.78 is 9.94. The highest BCUT2D eigenvalue weighted by Gasteiger charge is 2.12. The molecule has 1 aromatic carbocycles. The van der Waals surface area contributed by atoms with Gasteiger partial charge in [-0.25, -0.2) is 4.79 Å². The molecule has 0 saturated carbocycles. The van der Waals surface area contributed by atoms with Gasteiger partial charge in [0, 0.05) is 5.56 Å². The molecule has 0 atom stereocenters. The number of carbonyl (C=O) groups is 1. The molecule has 0 aliphatic carbocycles. The van der Waals surface area contributed by atoms with E-state index in [9.17, 15) is 4.79 Å². The number of hydrogen-bond acceptors (Lipinski definition) is 3. The van der Waals surface area contributed by atoms with Crippen LogP contribution in [0.15, 0.2) is 30.0 Å². The minimum absolute atomic E-state index is 0.353. The van der Waals surface area contributed by atoms with E-state index in [1.165, 1.54) is 7.11 Å². The van der Waals surface area contributed by atoms with Crippen molar-refractivity contribution in [1.29, 1.82) is 0 Å². The van der Waals surface area contributed by atoms with E-state index < -0.39 is 6.09 Å². The summed E-state index contributed by atoms with van der Waals surface area (Å²) >= 11 is 0. The SMILES string of the molecule is COC(=O)NC1=Cc2ccccc2OC1. The van der Waals surface area contributed by atoms with Crippen molar-refractivity contribution >= 4 is 12.2 Å². The van der Waals surface area contributed by atoms with Crippen LogP contribution in [0.25, 0.3) is 6.08 Å². The summed E-state index contributed by atoms with van der Waals surface area (Å²) in [4.78, 5) is 11.0. The average molecular weight is 205 g/mol. The molecule has 2 rings (SSSR count). The number of benzene rings is 1. The van der Waals surface area contributed by atoms with E-state index >= 15 is 0 Å². The number of rotatable bonds is 1. The molecular weight excluding hydrogens is 194 g/mol. The highest BCUT2D eigenvalue weighted by molar-refractivity contribution is 5.73. The standard InChI is InChI=1S/C11H11NO3/c1-14-11(13)12-9-6-8-4-2-3-5-10(8)15-7-9/h2-6H,7H2,1H3,(H,12,13). The van der Waals surface area contributed by atoms with E-state index in [1.807, 2.05) is 30.3 Å². The van der Waals surface area contributed by atoms with Gasteiger partial charge in [0.2, 0.25) is 0 Å². The van der Waals surface area contributed by atoms with Gasteiger partial charge in [0.1, 0.15) is 12.4 Å². The molecule has 0 aromatic heterocycles. The van der Waals surface area contributed by atoms with Gasteiger partial charge < -0.3 is 9.47 Å². The second kappa shape index (κ2) is 4.04. The Morgan fingerprint density at radius 3 is 3.07 bits per heavy atom. The molecule has 4 nitrogen and oxygen atoms in total. The summed E-state index contributed by atoms with van der Waals surface area (Å²) in [6, 6.07) is 7.64. The summed E-state index contributed by atoms with van der Waals surface area (Å²) in [7, 11) is 1.33. The summed E-state index contributed by atoms with van der Waals surface area (Å²) in [5, 5.41) is 2.58. The van der Waals surface area contributed by atoms with Crippen LogP contribution in [-0.4, -0.2) is 19.8 Å². The fourth-order valence-corrected chi connectivity index (χ4v) is 1.37. The Bertz CT molecular complexity index is 412. The number of carbonyl (C=O) groups excluding carboxylic acids is 1. The van der Waals surface area contributed by atoms with Gasteiger partial charge in [-0.2, -0.15) is 0 Å². The number of ether oxygens (including phenoxy) is 2. The number of alkyl carbamates (subject to hydrolysis) is 1. The summed E-state index contributed by atoms with van der Waals surface area (Å²) in [6.45, 7) is 0.353. The second-order valence-electron chi connectivity index (χ2n) is 3.11. The van der Waals surface area contributed by atoms with E-state index in [2.05, 4.69) is 10.1 Å².